The summed E-state index contributed by atoms with van der Waals surface area (Å²) in [6, 6.07) is 3.38. The normalized spacial score (nSPS) is 10.6. The molecule has 3 N–H and O–H groups in total. The fourth-order valence-electron chi connectivity index (χ4n) is 1.47. The molecule has 1 amide bonds. The standard InChI is InChI=1S/C13H18F2N2O3/c14-10-3-1-4-11(15)13(10)17-12(19)9-16-5-2-7-20-8-6-18/h1,3-4,16,18H,2,5-9H2,(H,17,19). The minimum Gasteiger partial charge on any atom is -0.394 e. The van der Waals surface area contributed by atoms with Crippen LogP contribution in [0.3, 0.4) is 0 Å². The Bertz CT molecular complexity index is 410. The summed E-state index contributed by atoms with van der Waals surface area (Å²) in [5.41, 5.74) is -0.439. The predicted molar refractivity (Wildman–Crippen MR) is 70.4 cm³/mol. The maximum atomic E-state index is 13.3. The van der Waals surface area contributed by atoms with Crippen LogP contribution >= 0.6 is 0 Å². The lowest BCUT2D eigenvalue weighted by Crippen LogP contribution is -2.29. The summed E-state index contributed by atoms with van der Waals surface area (Å²) < 4.78 is 31.5. The zero-order chi connectivity index (χ0) is 14.8. The van der Waals surface area contributed by atoms with Gasteiger partial charge in [0.2, 0.25) is 5.91 Å². The van der Waals surface area contributed by atoms with Crippen molar-refractivity contribution in [2.24, 2.45) is 0 Å². The molecule has 1 rings (SSSR count). The SMILES string of the molecule is O=C(CNCCCOCCO)Nc1c(F)cccc1F. The first-order chi connectivity index (χ1) is 9.65. The first-order valence-corrected chi connectivity index (χ1v) is 6.28. The molecule has 0 bridgehead atoms. The third-order valence-corrected chi connectivity index (χ3v) is 2.39. The van der Waals surface area contributed by atoms with E-state index in [1.807, 2.05) is 0 Å². The predicted octanol–water partition coefficient (Wildman–Crippen LogP) is 0.892. The van der Waals surface area contributed by atoms with Crippen LogP contribution in [0.15, 0.2) is 18.2 Å². The Labute approximate surface area is 115 Å². The largest absolute Gasteiger partial charge is 0.394 e. The number of ether oxygens (including phenoxy) is 1. The van der Waals surface area contributed by atoms with Gasteiger partial charge >= 0.3 is 0 Å². The Morgan fingerprint density at radius 3 is 2.60 bits per heavy atom. The van der Waals surface area contributed by atoms with Gasteiger partial charge in [0.15, 0.2) is 0 Å². The van der Waals surface area contributed by atoms with Crippen LogP contribution in [-0.4, -0.2) is 43.9 Å². The first-order valence-electron chi connectivity index (χ1n) is 6.28. The van der Waals surface area contributed by atoms with E-state index in [1.54, 1.807) is 0 Å². The number of benzene rings is 1. The Morgan fingerprint density at radius 1 is 1.25 bits per heavy atom. The van der Waals surface area contributed by atoms with Gasteiger partial charge in [-0.3, -0.25) is 4.79 Å². The third kappa shape index (κ3) is 6.05. The number of nitrogens with one attached hydrogen (secondary N) is 2. The van der Waals surface area contributed by atoms with Gasteiger partial charge < -0.3 is 20.5 Å². The maximum absolute atomic E-state index is 13.3. The lowest BCUT2D eigenvalue weighted by atomic mass is 10.3. The first kappa shape index (κ1) is 16.5. The topological polar surface area (TPSA) is 70.6 Å². The molecule has 0 aliphatic rings. The minimum absolute atomic E-state index is 0.0238. The molecule has 0 heterocycles. The highest BCUT2D eigenvalue weighted by Gasteiger charge is 2.11. The average molecular weight is 288 g/mol. The number of aliphatic hydroxyl groups is 1. The number of para-hydroxylation sites is 1. The van der Waals surface area contributed by atoms with Crippen LogP contribution in [0.2, 0.25) is 0 Å². The highest BCUT2D eigenvalue weighted by Crippen LogP contribution is 2.17. The number of amides is 1. The summed E-state index contributed by atoms with van der Waals surface area (Å²) in [6.45, 7) is 1.21. The summed E-state index contributed by atoms with van der Waals surface area (Å²) in [6.07, 6.45) is 0.668. The smallest absolute Gasteiger partial charge is 0.238 e. The van der Waals surface area contributed by atoms with Gasteiger partial charge in [0.25, 0.3) is 0 Å². The molecule has 0 unspecified atom stereocenters. The zero-order valence-corrected chi connectivity index (χ0v) is 11.0. The Hall–Kier alpha value is -1.57. The average Bonchev–Trinajstić information content (AvgIpc) is 2.42. The molecule has 0 aliphatic carbocycles. The van der Waals surface area contributed by atoms with E-state index in [0.717, 1.165) is 12.1 Å². The highest BCUT2D eigenvalue weighted by atomic mass is 19.1. The third-order valence-electron chi connectivity index (χ3n) is 2.39. The van der Waals surface area contributed by atoms with E-state index in [2.05, 4.69) is 10.6 Å². The number of hydrogen-bond acceptors (Lipinski definition) is 4. The molecule has 0 radical (unpaired) electrons. The van der Waals surface area contributed by atoms with Crippen LogP contribution in [0, 0.1) is 11.6 Å². The van der Waals surface area contributed by atoms with Crippen LogP contribution in [0.4, 0.5) is 14.5 Å². The second-order valence-electron chi connectivity index (χ2n) is 4.01. The summed E-state index contributed by atoms with van der Waals surface area (Å²) in [5, 5.41) is 13.5. The number of hydrogen-bond donors (Lipinski definition) is 3. The molecule has 7 heteroatoms. The number of aliphatic hydroxyl groups excluding tert-OH is 1. The van der Waals surface area contributed by atoms with Gasteiger partial charge in [-0.25, -0.2) is 8.78 Å². The summed E-state index contributed by atoms with van der Waals surface area (Å²) >= 11 is 0. The van der Waals surface area contributed by atoms with Crippen molar-refractivity contribution in [2.75, 3.05) is 38.2 Å². The molecule has 112 valence electrons. The van der Waals surface area contributed by atoms with Crippen LogP contribution < -0.4 is 10.6 Å². The molecule has 0 spiro atoms. The van der Waals surface area contributed by atoms with Crippen LogP contribution in [0.5, 0.6) is 0 Å². The second-order valence-corrected chi connectivity index (χ2v) is 4.01. The van der Waals surface area contributed by atoms with Crippen molar-refractivity contribution in [2.45, 2.75) is 6.42 Å². The van der Waals surface area contributed by atoms with Crippen molar-refractivity contribution in [1.82, 2.24) is 5.32 Å². The maximum Gasteiger partial charge on any atom is 0.238 e. The molecule has 0 saturated heterocycles. The lowest BCUT2D eigenvalue weighted by Gasteiger charge is -2.08. The van der Waals surface area contributed by atoms with Crippen LogP contribution in [0.1, 0.15) is 6.42 Å². The molecule has 1 aromatic rings. The van der Waals surface area contributed by atoms with Gasteiger partial charge in [0, 0.05) is 6.61 Å². The molecule has 5 nitrogen and oxygen atoms in total. The van der Waals surface area contributed by atoms with Gasteiger partial charge in [0.1, 0.15) is 17.3 Å². The van der Waals surface area contributed by atoms with Crippen molar-refractivity contribution in [3.63, 3.8) is 0 Å². The quantitative estimate of drug-likeness (QED) is 0.590. The van der Waals surface area contributed by atoms with E-state index in [0.29, 0.717) is 19.6 Å². The fourth-order valence-corrected chi connectivity index (χ4v) is 1.47. The van der Waals surface area contributed by atoms with Crippen molar-refractivity contribution in [1.29, 1.82) is 0 Å². The summed E-state index contributed by atoms with van der Waals surface area (Å²) in [5.74, 6) is -2.14. The van der Waals surface area contributed by atoms with Crippen molar-refractivity contribution in [3.05, 3.63) is 29.8 Å². The van der Waals surface area contributed by atoms with Gasteiger partial charge in [-0.2, -0.15) is 0 Å². The zero-order valence-electron chi connectivity index (χ0n) is 11.0. The Balaban J connectivity index is 2.21. The molecule has 0 fully saturated rings. The molecule has 0 aliphatic heterocycles. The molecule has 0 aromatic heterocycles. The fraction of sp³-hybridized carbons (Fsp3) is 0.462. The van der Waals surface area contributed by atoms with E-state index in [4.69, 9.17) is 9.84 Å². The number of anilines is 1. The van der Waals surface area contributed by atoms with E-state index < -0.39 is 23.2 Å². The van der Waals surface area contributed by atoms with Gasteiger partial charge in [0.05, 0.1) is 19.8 Å². The highest BCUT2D eigenvalue weighted by molar-refractivity contribution is 5.92. The number of halogens is 2. The molecule has 20 heavy (non-hydrogen) atoms. The van der Waals surface area contributed by atoms with Crippen LogP contribution in [0.25, 0.3) is 0 Å². The molecule has 0 saturated carbocycles. The van der Waals surface area contributed by atoms with Gasteiger partial charge in [-0.05, 0) is 25.1 Å². The van der Waals surface area contributed by atoms with Crippen molar-refractivity contribution >= 4 is 11.6 Å². The van der Waals surface area contributed by atoms with Gasteiger partial charge in [-0.15, -0.1) is 0 Å². The number of carbonyl (C=O) groups is 1. The monoisotopic (exact) mass is 288 g/mol. The molecule has 0 atom stereocenters. The molecular formula is C13H18F2N2O3. The van der Waals surface area contributed by atoms with E-state index in [1.165, 1.54) is 6.07 Å². The number of carbonyl (C=O) groups excluding carboxylic acids is 1. The Kier molecular flexibility index (Phi) is 7.71. The van der Waals surface area contributed by atoms with Crippen molar-refractivity contribution < 1.29 is 23.4 Å². The van der Waals surface area contributed by atoms with Crippen LogP contribution in [-0.2, 0) is 9.53 Å². The van der Waals surface area contributed by atoms with E-state index in [9.17, 15) is 13.6 Å². The second kappa shape index (κ2) is 9.35. The number of rotatable bonds is 9. The van der Waals surface area contributed by atoms with Gasteiger partial charge in [-0.1, -0.05) is 6.07 Å². The summed E-state index contributed by atoms with van der Waals surface area (Å²) in [7, 11) is 0. The minimum atomic E-state index is -0.809. The van der Waals surface area contributed by atoms with E-state index in [-0.39, 0.29) is 19.8 Å². The van der Waals surface area contributed by atoms with E-state index >= 15 is 0 Å². The lowest BCUT2D eigenvalue weighted by molar-refractivity contribution is -0.115. The van der Waals surface area contributed by atoms with Crippen molar-refractivity contribution in [3.8, 4) is 0 Å². The summed E-state index contributed by atoms with van der Waals surface area (Å²) in [4.78, 5) is 11.5. The Morgan fingerprint density at radius 2 is 1.95 bits per heavy atom. The molecule has 1 aromatic carbocycles. The molecular weight excluding hydrogens is 270 g/mol.